The van der Waals surface area contributed by atoms with Crippen LogP contribution in [-0.4, -0.2) is 11.7 Å². The van der Waals surface area contributed by atoms with E-state index in [0.29, 0.717) is 10.5 Å². The average molecular weight is 186 g/mol. The van der Waals surface area contributed by atoms with Gasteiger partial charge in [-0.15, -0.1) is 0 Å². The second-order valence-electron chi connectivity index (χ2n) is 4.33. The van der Waals surface area contributed by atoms with Gasteiger partial charge < -0.3 is 11.1 Å². The van der Waals surface area contributed by atoms with Crippen LogP contribution in [0.4, 0.5) is 0 Å². The van der Waals surface area contributed by atoms with E-state index in [1.807, 2.05) is 0 Å². The van der Waals surface area contributed by atoms with Crippen molar-refractivity contribution in [3.05, 3.63) is 0 Å². The fourth-order valence-corrected chi connectivity index (χ4v) is 1.72. The molecule has 1 saturated carbocycles. The molecule has 0 bridgehead atoms. The Morgan fingerprint density at radius 3 is 2.50 bits per heavy atom. The monoisotopic (exact) mass is 186 g/mol. The zero-order chi connectivity index (χ0) is 9.19. The van der Waals surface area contributed by atoms with Gasteiger partial charge >= 0.3 is 0 Å². The molecule has 0 aromatic carbocycles. The molecule has 0 amide bonds. The third-order valence-electron chi connectivity index (χ3n) is 2.93. The Bertz CT molecular complexity index is 173. The lowest BCUT2D eigenvalue weighted by atomic mass is 9.67. The minimum atomic E-state index is 0.349. The van der Waals surface area contributed by atoms with Gasteiger partial charge in [-0.05, 0) is 36.4 Å². The highest BCUT2D eigenvalue weighted by atomic mass is 32.1. The van der Waals surface area contributed by atoms with Crippen molar-refractivity contribution in [2.75, 3.05) is 6.54 Å². The summed E-state index contributed by atoms with van der Waals surface area (Å²) in [6.45, 7) is 5.47. The average Bonchev–Trinajstić information content (AvgIpc) is 1.78. The molecule has 0 aromatic heterocycles. The van der Waals surface area contributed by atoms with Gasteiger partial charge in [-0.3, -0.25) is 0 Å². The van der Waals surface area contributed by atoms with Gasteiger partial charge in [-0.25, -0.2) is 0 Å². The first-order valence-corrected chi connectivity index (χ1v) is 4.96. The molecule has 0 unspecified atom stereocenters. The standard InChI is InChI=1S/C9H18N2S/c1-9(2,6-11-8(10)12)7-4-3-5-7/h7H,3-6H2,1-2H3,(H3,10,11,12). The van der Waals surface area contributed by atoms with E-state index in [9.17, 15) is 0 Å². The quantitative estimate of drug-likeness (QED) is 0.658. The first-order chi connectivity index (χ1) is 5.52. The highest BCUT2D eigenvalue weighted by Crippen LogP contribution is 2.40. The normalized spacial score (nSPS) is 18.5. The molecule has 0 atom stereocenters. The maximum Gasteiger partial charge on any atom is 0.163 e. The number of hydrogen-bond donors (Lipinski definition) is 2. The van der Waals surface area contributed by atoms with Gasteiger partial charge in [0.1, 0.15) is 0 Å². The summed E-state index contributed by atoms with van der Waals surface area (Å²) in [7, 11) is 0. The van der Waals surface area contributed by atoms with Gasteiger partial charge in [0.25, 0.3) is 0 Å². The predicted octanol–water partition coefficient (Wildman–Crippen LogP) is 1.65. The zero-order valence-electron chi connectivity index (χ0n) is 7.89. The fourth-order valence-electron chi connectivity index (χ4n) is 1.65. The molecule has 12 heavy (non-hydrogen) atoms. The molecule has 0 heterocycles. The molecule has 0 aliphatic heterocycles. The summed E-state index contributed by atoms with van der Waals surface area (Å²) in [5.74, 6) is 0.861. The summed E-state index contributed by atoms with van der Waals surface area (Å²) in [5.41, 5.74) is 5.73. The smallest absolute Gasteiger partial charge is 0.163 e. The van der Waals surface area contributed by atoms with E-state index in [2.05, 4.69) is 19.2 Å². The Balaban J connectivity index is 2.31. The van der Waals surface area contributed by atoms with Crippen LogP contribution in [0.1, 0.15) is 33.1 Å². The van der Waals surface area contributed by atoms with Gasteiger partial charge in [0, 0.05) is 6.54 Å². The van der Waals surface area contributed by atoms with E-state index in [0.717, 1.165) is 12.5 Å². The van der Waals surface area contributed by atoms with Crippen molar-refractivity contribution in [1.29, 1.82) is 0 Å². The van der Waals surface area contributed by atoms with Crippen LogP contribution in [0.5, 0.6) is 0 Å². The van der Waals surface area contributed by atoms with Gasteiger partial charge in [0.15, 0.2) is 5.11 Å². The minimum Gasteiger partial charge on any atom is -0.376 e. The second kappa shape index (κ2) is 3.60. The maximum atomic E-state index is 5.38. The summed E-state index contributed by atoms with van der Waals surface area (Å²) in [5, 5.41) is 3.46. The summed E-state index contributed by atoms with van der Waals surface area (Å²) in [4.78, 5) is 0. The van der Waals surface area contributed by atoms with E-state index >= 15 is 0 Å². The molecule has 0 aromatic rings. The zero-order valence-corrected chi connectivity index (χ0v) is 8.71. The molecule has 1 aliphatic rings. The first kappa shape index (κ1) is 9.78. The van der Waals surface area contributed by atoms with E-state index in [1.165, 1.54) is 19.3 Å². The predicted molar refractivity (Wildman–Crippen MR) is 55.9 cm³/mol. The Morgan fingerprint density at radius 2 is 2.17 bits per heavy atom. The second-order valence-corrected chi connectivity index (χ2v) is 4.77. The van der Waals surface area contributed by atoms with Crippen molar-refractivity contribution < 1.29 is 0 Å². The van der Waals surface area contributed by atoms with Crippen LogP contribution in [0.15, 0.2) is 0 Å². The third kappa shape index (κ3) is 2.34. The largest absolute Gasteiger partial charge is 0.376 e. The molecule has 3 heteroatoms. The van der Waals surface area contributed by atoms with E-state index in [1.54, 1.807) is 0 Å². The maximum absolute atomic E-state index is 5.38. The van der Waals surface area contributed by atoms with Crippen LogP contribution in [0, 0.1) is 11.3 Å². The molecule has 0 spiro atoms. The lowest BCUT2D eigenvalue weighted by Gasteiger charge is -2.40. The Hall–Kier alpha value is -0.310. The molecule has 2 nitrogen and oxygen atoms in total. The highest BCUT2D eigenvalue weighted by Gasteiger charge is 2.33. The molecule has 1 aliphatic carbocycles. The third-order valence-corrected chi connectivity index (χ3v) is 3.07. The molecule has 1 fully saturated rings. The van der Waals surface area contributed by atoms with Gasteiger partial charge in [0.2, 0.25) is 0 Å². The Labute approximate surface area is 79.9 Å². The van der Waals surface area contributed by atoms with Gasteiger partial charge in [-0.1, -0.05) is 20.3 Å². The van der Waals surface area contributed by atoms with Gasteiger partial charge in [-0.2, -0.15) is 0 Å². The molecule has 70 valence electrons. The van der Waals surface area contributed by atoms with Crippen LogP contribution in [0.3, 0.4) is 0 Å². The molecule has 3 N–H and O–H groups in total. The van der Waals surface area contributed by atoms with Crippen molar-refractivity contribution in [3.63, 3.8) is 0 Å². The fraction of sp³-hybridized carbons (Fsp3) is 0.889. The lowest BCUT2D eigenvalue weighted by Crippen LogP contribution is -2.42. The number of hydrogen-bond acceptors (Lipinski definition) is 1. The van der Waals surface area contributed by atoms with Gasteiger partial charge in [0.05, 0.1) is 0 Å². The van der Waals surface area contributed by atoms with Crippen LogP contribution >= 0.6 is 12.2 Å². The molecular weight excluding hydrogens is 168 g/mol. The summed E-state index contributed by atoms with van der Waals surface area (Å²) >= 11 is 4.77. The molecule has 0 radical (unpaired) electrons. The number of nitrogens with one attached hydrogen (secondary N) is 1. The van der Waals surface area contributed by atoms with Crippen molar-refractivity contribution in [2.24, 2.45) is 17.1 Å². The Kier molecular flexibility index (Phi) is 2.94. The van der Waals surface area contributed by atoms with Crippen molar-refractivity contribution in [3.8, 4) is 0 Å². The van der Waals surface area contributed by atoms with Crippen molar-refractivity contribution >= 4 is 17.3 Å². The highest BCUT2D eigenvalue weighted by molar-refractivity contribution is 7.80. The SMILES string of the molecule is CC(C)(CNC(N)=S)C1CCC1. The van der Waals surface area contributed by atoms with E-state index in [-0.39, 0.29) is 0 Å². The summed E-state index contributed by atoms with van der Waals surface area (Å²) in [6, 6.07) is 0. The summed E-state index contributed by atoms with van der Waals surface area (Å²) < 4.78 is 0. The first-order valence-electron chi connectivity index (χ1n) is 4.56. The number of thiocarbonyl (C=S) groups is 1. The van der Waals surface area contributed by atoms with Crippen molar-refractivity contribution in [1.82, 2.24) is 5.32 Å². The lowest BCUT2D eigenvalue weighted by molar-refractivity contribution is 0.124. The van der Waals surface area contributed by atoms with Crippen LogP contribution in [-0.2, 0) is 0 Å². The van der Waals surface area contributed by atoms with Crippen LogP contribution < -0.4 is 11.1 Å². The van der Waals surface area contributed by atoms with Crippen molar-refractivity contribution in [2.45, 2.75) is 33.1 Å². The van der Waals surface area contributed by atoms with E-state index < -0.39 is 0 Å². The van der Waals surface area contributed by atoms with Crippen LogP contribution in [0.2, 0.25) is 0 Å². The molecule has 1 rings (SSSR count). The van der Waals surface area contributed by atoms with E-state index in [4.69, 9.17) is 18.0 Å². The Morgan fingerprint density at radius 1 is 1.58 bits per heavy atom. The summed E-state index contributed by atoms with van der Waals surface area (Å²) in [6.07, 6.45) is 4.12. The molecular formula is C9H18N2S. The number of rotatable bonds is 3. The topological polar surface area (TPSA) is 38.0 Å². The molecule has 0 saturated heterocycles. The minimum absolute atomic E-state index is 0.349. The number of nitrogens with two attached hydrogens (primary N) is 1. The van der Waals surface area contributed by atoms with Crippen LogP contribution in [0.25, 0.3) is 0 Å².